The van der Waals surface area contributed by atoms with E-state index in [4.69, 9.17) is 21.1 Å². The topological polar surface area (TPSA) is 64.6 Å². The Kier molecular flexibility index (Phi) is 6.95. The summed E-state index contributed by atoms with van der Waals surface area (Å²) in [6.45, 7) is 0.323. The smallest absolute Gasteiger partial charge is 0.446 e. The molecule has 1 N–H and O–H groups in total. The van der Waals surface area contributed by atoms with Gasteiger partial charge < -0.3 is 14.8 Å². The zero-order valence-electron chi connectivity index (χ0n) is 17.7. The second kappa shape index (κ2) is 9.76. The molecule has 0 saturated heterocycles. The predicted molar refractivity (Wildman–Crippen MR) is 123 cm³/mol. The fraction of sp³-hybridized carbons (Fsp3) is 0.250. The first-order valence-corrected chi connectivity index (χ1v) is 11.5. The third-order valence-corrected chi connectivity index (χ3v) is 6.56. The highest BCUT2D eigenvalue weighted by Gasteiger charge is 2.41. The fourth-order valence-corrected chi connectivity index (χ4v) is 4.52. The Hall–Kier alpha value is -2.91. The lowest BCUT2D eigenvalue weighted by molar-refractivity contribution is -0.156. The largest absolute Gasteiger partial charge is 0.487 e. The van der Waals surface area contributed by atoms with Crippen LogP contribution >= 0.6 is 23.4 Å². The zero-order valence-corrected chi connectivity index (χ0v) is 19.2. The molecule has 3 aromatic rings. The van der Waals surface area contributed by atoms with E-state index in [1.165, 1.54) is 30.3 Å². The molecule has 0 unspecified atom stereocenters. The molecular formula is C24H19ClF3NO4S. The van der Waals surface area contributed by atoms with Crippen LogP contribution in [0.2, 0.25) is 5.02 Å². The number of amides is 1. The molecule has 0 atom stereocenters. The van der Waals surface area contributed by atoms with Crippen molar-refractivity contribution in [1.82, 2.24) is 5.32 Å². The van der Waals surface area contributed by atoms with Gasteiger partial charge in [-0.25, -0.2) is 0 Å². The van der Waals surface area contributed by atoms with Gasteiger partial charge in [-0.1, -0.05) is 48.0 Å². The molecule has 10 heteroatoms. The van der Waals surface area contributed by atoms with Crippen LogP contribution in [0.5, 0.6) is 5.75 Å². The number of fused-ring (bicyclic) bond motifs is 1. The van der Waals surface area contributed by atoms with Gasteiger partial charge in [-0.15, -0.1) is 0 Å². The number of hydrogen-bond donors (Lipinski definition) is 1. The summed E-state index contributed by atoms with van der Waals surface area (Å²) in [6.07, 6.45) is 1.80. The molecule has 5 nitrogen and oxygen atoms in total. The Morgan fingerprint density at radius 3 is 2.38 bits per heavy atom. The number of carbonyl (C=O) groups is 2. The van der Waals surface area contributed by atoms with Crippen LogP contribution in [0.25, 0.3) is 10.8 Å². The molecule has 1 saturated carbocycles. The monoisotopic (exact) mass is 509 g/mol. The lowest BCUT2D eigenvalue weighted by Gasteiger charge is -2.40. The van der Waals surface area contributed by atoms with Crippen molar-refractivity contribution in [2.45, 2.75) is 42.0 Å². The molecule has 0 spiro atoms. The molecule has 1 aliphatic rings. The maximum absolute atomic E-state index is 13.2. The number of nitrogens with one attached hydrogen (secondary N) is 1. The van der Waals surface area contributed by atoms with Gasteiger partial charge in [0.1, 0.15) is 12.4 Å². The van der Waals surface area contributed by atoms with Gasteiger partial charge in [0.05, 0.1) is 5.56 Å². The van der Waals surface area contributed by atoms with Gasteiger partial charge in [0.15, 0.2) is 5.72 Å². The standard InChI is InChI=1S/C24H19ClF3NO4S/c25-20-12-19(22(31)29-23(33-14-30)10-3-11-23)21(18-5-2-1-4-17(18)20)32-13-15-6-8-16(9-7-15)34-24(26,27)28/h1-2,4-9,12,14H,3,10-11,13H2,(H,29,31). The van der Waals surface area contributed by atoms with E-state index in [0.29, 0.717) is 40.7 Å². The van der Waals surface area contributed by atoms with Crippen molar-refractivity contribution in [2.24, 2.45) is 0 Å². The molecule has 0 radical (unpaired) electrons. The number of rotatable bonds is 8. The van der Waals surface area contributed by atoms with Crippen LogP contribution in [0.15, 0.2) is 59.5 Å². The molecule has 1 fully saturated rings. The van der Waals surface area contributed by atoms with E-state index in [0.717, 1.165) is 6.42 Å². The number of thioether (sulfide) groups is 1. The number of ether oxygens (including phenoxy) is 2. The van der Waals surface area contributed by atoms with Crippen LogP contribution < -0.4 is 10.1 Å². The maximum atomic E-state index is 13.2. The molecule has 0 aliphatic heterocycles. The van der Waals surface area contributed by atoms with Crippen molar-refractivity contribution in [1.29, 1.82) is 0 Å². The molecule has 34 heavy (non-hydrogen) atoms. The molecule has 0 aromatic heterocycles. The minimum Gasteiger partial charge on any atom is -0.487 e. The molecule has 0 bridgehead atoms. The van der Waals surface area contributed by atoms with Crippen molar-refractivity contribution < 1.29 is 32.2 Å². The lowest BCUT2D eigenvalue weighted by Crippen LogP contribution is -2.55. The Labute approximate surface area is 202 Å². The Bertz CT molecular complexity index is 1210. The van der Waals surface area contributed by atoms with Gasteiger partial charge in [0, 0.05) is 33.5 Å². The zero-order chi connectivity index (χ0) is 24.3. The highest BCUT2D eigenvalue weighted by molar-refractivity contribution is 8.00. The lowest BCUT2D eigenvalue weighted by atomic mass is 9.87. The van der Waals surface area contributed by atoms with Crippen molar-refractivity contribution >= 4 is 46.5 Å². The minimum absolute atomic E-state index is 0.0127. The number of carbonyl (C=O) groups excluding carboxylic acids is 2. The number of benzene rings is 3. The SMILES string of the molecule is O=COC1(NC(=O)c2cc(Cl)c3ccccc3c2OCc2ccc(SC(F)(F)F)cc2)CCC1. The average molecular weight is 510 g/mol. The highest BCUT2D eigenvalue weighted by atomic mass is 35.5. The van der Waals surface area contributed by atoms with Crippen molar-refractivity contribution in [3.05, 3.63) is 70.7 Å². The summed E-state index contributed by atoms with van der Waals surface area (Å²) in [5.74, 6) is -0.243. The van der Waals surface area contributed by atoms with E-state index in [1.807, 2.05) is 0 Å². The first-order valence-electron chi connectivity index (χ1n) is 10.3. The maximum Gasteiger partial charge on any atom is 0.446 e. The normalized spacial score (nSPS) is 14.8. The van der Waals surface area contributed by atoms with Crippen LogP contribution in [-0.2, 0) is 16.1 Å². The average Bonchev–Trinajstić information content (AvgIpc) is 2.77. The van der Waals surface area contributed by atoms with Gasteiger partial charge in [-0.2, -0.15) is 13.2 Å². The van der Waals surface area contributed by atoms with Gasteiger partial charge in [0.25, 0.3) is 12.4 Å². The Balaban J connectivity index is 1.62. The summed E-state index contributed by atoms with van der Waals surface area (Å²) >= 11 is 6.23. The van der Waals surface area contributed by atoms with E-state index < -0.39 is 17.1 Å². The number of hydrogen-bond acceptors (Lipinski definition) is 5. The van der Waals surface area contributed by atoms with Crippen LogP contribution in [0.3, 0.4) is 0 Å². The molecule has 4 rings (SSSR count). The highest BCUT2D eigenvalue weighted by Crippen LogP contribution is 2.39. The Morgan fingerprint density at radius 1 is 1.12 bits per heavy atom. The van der Waals surface area contributed by atoms with Gasteiger partial charge in [-0.05, 0) is 41.9 Å². The van der Waals surface area contributed by atoms with Crippen molar-refractivity contribution in [3.8, 4) is 5.75 Å². The summed E-state index contributed by atoms with van der Waals surface area (Å²) in [5, 5.41) is 4.39. The van der Waals surface area contributed by atoms with Gasteiger partial charge >= 0.3 is 5.51 Å². The number of halogens is 4. The first-order chi connectivity index (χ1) is 16.2. The van der Waals surface area contributed by atoms with Crippen LogP contribution in [0.1, 0.15) is 35.2 Å². The summed E-state index contributed by atoms with van der Waals surface area (Å²) in [6, 6.07) is 14.4. The van der Waals surface area contributed by atoms with Gasteiger partial charge in [-0.3, -0.25) is 9.59 Å². The minimum atomic E-state index is -4.37. The molecular weight excluding hydrogens is 491 g/mol. The van der Waals surface area contributed by atoms with Crippen molar-refractivity contribution in [3.63, 3.8) is 0 Å². The second-order valence-electron chi connectivity index (χ2n) is 7.78. The first kappa shape index (κ1) is 24.2. The third-order valence-electron chi connectivity index (χ3n) is 5.51. The van der Waals surface area contributed by atoms with E-state index in [2.05, 4.69) is 5.32 Å². The van der Waals surface area contributed by atoms with E-state index >= 15 is 0 Å². The second-order valence-corrected chi connectivity index (χ2v) is 9.32. The third kappa shape index (κ3) is 5.42. The molecule has 0 heterocycles. The molecule has 1 aliphatic carbocycles. The van der Waals surface area contributed by atoms with Crippen LogP contribution in [-0.4, -0.2) is 23.6 Å². The quantitative estimate of drug-likeness (QED) is 0.214. The van der Waals surface area contributed by atoms with Gasteiger partial charge in [0.2, 0.25) is 0 Å². The van der Waals surface area contributed by atoms with E-state index in [9.17, 15) is 22.8 Å². The summed E-state index contributed by atoms with van der Waals surface area (Å²) in [5.41, 5.74) is -4.64. The summed E-state index contributed by atoms with van der Waals surface area (Å²) < 4.78 is 48.9. The Morgan fingerprint density at radius 2 is 1.79 bits per heavy atom. The fourth-order valence-electron chi connectivity index (χ4n) is 3.71. The predicted octanol–water partition coefficient (Wildman–Crippen LogP) is 6.47. The summed E-state index contributed by atoms with van der Waals surface area (Å²) in [7, 11) is 0. The van der Waals surface area contributed by atoms with Crippen molar-refractivity contribution in [2.75, 3.05) is 0 Å². The van der Waals surface area contributed by atoms with Crippen LogP contribution in [0, 0.1) is 0 Å². The van der Waals surface area contributed by atoms with E-state index in [-0.39, 0.29) is 34.6 Å². The van der Waals surface area contributed by atoms with Crippen LogP contribution in [0.4, 0.5) is 13.2 Å². The summed E-state index contributed by atoms with van der Waals surface area (Å²) in [4.78, 5) is 24.1. The molecule has 178 valence electrons. The number of alkyl halides is 3. The molecule has 1 amide bonds. The van der Waals surface area contributed by atoms with E-state index in [1.54, 1.807) is 24.3 Å². The molecule has 3 aromatic carbocycles.